The number of nitrogens with two attached hydrogens (primary N) is 1. The van der Waals surface area contributed by atoms with Gasteiger partial charge in [-0.3, -0.25) is 4.79 Å². The van der Waals surface area contributed by atoms with Gasteiger partial charge in [-0.15, -0.1) is 24.0 Å². The van der Waals surface area contributed by atoms with E-state index in [1.165, 1.54) is 12.1 Å². The molecule has 0 spiro atoms. The van der Waals surface area contributed by atoms with Gasteiger partial charge in [0, 0.05) is 13.1 Å². The lowest BCUT2D eigenvalue weighted by molar-refractivity contribution is -0.137. The largest absolute Gasteiger partial charge is 0.416 e. The number of hydrogen-bond donors (Lipinski definition) is 3. The SMILES string of the molecule is CCNC(=NCc1ccc(C(F)(F)F)cc1)NCC(C)(C)C(N)=O.I. The van der Waals surface area contributed by atoms with Crippen LogP contribution in [0.15, 0.2) is 29.3 Å². The molecular weight excluding hydrogens is 448 g/mol. The summed E-state index contributed by atoms with van der Waals surface area (Å²) >= 11 is 0. The van der Waals surface area contributed by atoms with Gasteiger partial charge in [0.05, 0.1) is 17.5 Å². The second kappa shape index (κ2) is 9.83. The zero-order chi connectivity index (χ0) is 18.4. The fraction of sp³-hybridized carbons (Fsp3) is 0.500. The number of primary amides is 1. The van der Waals surface area contributed by atoms with Crippen molar-refractivity contribution in [3.63, 3.8) is 0 Å². The van der Waals surface area contributed by atoms with Crippen LogP contribution in [-0.2, 0) is 17.5 Å². The Morgan fingerprint density at radius 2 is 1.72 bits per heavy atom. The van der Waals surface area contributed by atoms with Crippen molar-refractivity contribution in [2.45, 2.75) is 33.5 Å². The number of carbonyl (C=O) groups is 1. The van der Waals surface area contributed by atoms with Crippen molar-refractivity contribution < 1.29 is 18.0 Å². The molecule has 1 amide bonds. The molecular formula is C16H24F3IN4O. The maximum Gasteiger partial charge on any atom is 0.416 e. The van der Waals surface area contributed by atoms with Crippen molar-refractivity contribution in [3.05, 3.63) is 35.4 Å². The predicted octanol–water partition coefficient (Wildman–Crippen LogP) is 2.89. The molecule has 0 aliphatic rings. The van der Waals surface area contributed by atoms with Crippen LogP contribution in [-0.4, -0.2) is 25.0 Å². The zero-order valence-electron chi connectivity index (χ0n) is 14.4. The summed E-state index contributed by atoms with van der Waals surface area (Å²) in [5.41, 5.74) is 4.52. The zero-order valence-corrected chi connectivity index (χ0v) is 16.7. The molecule has 0 saturated carbocycles. The first-order valence-corrected chi connectivity index (χ1v) is 7.54. The fourth-order valence-corrected chi connectivity index (χ4v) is 1.70. The Morgan fingerprint density at radius 1 is 1.16 bits per heavy atom. The predicted molar refractivity (Wildman–Crippen MR) is 103 cm³/mol. The molecule has 25 heavy (non-hydrogen) atoms. The molecule has 1 aromatic rings. The number of amides is 1. The summed E-state index contributed by atoms with van der Waals surface area (Å²) in [6.07, 6.45) is -4.35. The Labute approximate surface area is 162 Å². The Hall–Kier alpha value is -1.52. The van der Waals surface area contributed by atoms with Gasteiger partial charge in [-0.1, -0.05) is 12.1 Å². The van der Waals surface area contributed by atoms with Gasteiger partial charge in [-0.2, -0.15) is 13.2 Å². The number of halogens is 4. The molecule has 0 saturated heterocycles. The smallest absolute Gasteiger partial charge is 0.369 e. The van der Waals surface area contributed by atoms with E-state index >= 15 is 0 Å². The van der Waals surface area contributed by atoms with E-state index in [0.29, 0.717) is 24.6 Å². The molecule has 142 valence electrons. The summed E-state index contributed by atoms with van der Waals surface area (Å²) in [7, 11) is 0. The molecule has 0 atom stereocenters. The lowest BCUT2D eigenvalue weighted by Gasteiger charge is -2.22. The van der Waals surface area contributed by atoms with Crippen molar-refractivity contribution in [3.8, 4) is 0 Å². The van der Waals surface area contributed by atoms with Gasteiger partial charge in [0.2, 0.25) is 5.91 Å². The number of carbonyl (C=O) groups excluding carboxylic acids is 1. The number of benzene rings is 1. The third-order valence-corrected chi connectivity index (χ3v) is 3.41. The van der Waals surface area contributed by atoms with Crippen molar-refractivity contribution in [2.24, 2.45) is 16.1 Å². The summed E-state index contributed by atoms with van der Waals surface area (Å²) in [4.78, 5) is 15.6. The van der Waals surface area contributed by atoms with Crippen LogP contribution in [0.4, 0.5) is 13.2 Å². The van der Waals surface area contributed by atoms with Crippen molar-refractivity contribution >= 4 is 35.8 Å². The summed E-state index contributed by atoms with van der Waals surface area (Å²) < 4.78 is 37.6. The lowest BCUT2D eigenvalue weighted by Crippen LogP contribution is -2.46. The average molecular weight is 472 g/mol. The van der Waals surface area contributed by atoms with Crippen LogP contribution in [0, 0.1) is 5.41 Å². The Morgan fingerprint density at radius 3 is 2.16 bits per heavy atom. The highest BCUT2D eigenvalue weighted by molar-refractivity contribution is 14.0. The van der Waals surface area contributed by atoms with Crippen molar-refractivity contribution in [1.82, 2.24) is 10.6 Å². The molecule has 0 bridgehead atoms. The van der Waals surface area contributed by atoms with E-state index in [9.17, 15) is 18.0 Å². The minimum Gasteiger partial charge on any atom is -0.369 e. The number of nitrogens with zero attached hydrogens (tertiary/aromatic N) is 1. The molecule has 0 unspecified atom stereocenters. The number of aliphatic imine (C=N–C) groups is 1. The monoisotopic (exact) mass is 472 g/mol. The maximum absolute atomic E-state index is 12.5. The minimum atomic E-state index is -4.35. The van der Waals surface area contributed by atoms with Crippen molar-refractivity contribution in [2.75, 3.05) is 13.1 Å². The molecule has 5 nitrogen and oxygen atoms in total. The highest BCUT2D eigenvalue weighted by Gasteiger charge is 2.29. The van der Waals surface area contributed by atoms with Gasteiger partial charge >= 0.3 is 6.18 Å². The van der Waals surface area contributed by atoms with Crippen LogP contribution in [0.5, 0.6) is 0 Å². The van der Waals surface area contributed by atoms with E-state index < -0.39 is 23.1 Å². The Balaban J connectivity index is 0.00000576. The first-order chi connectivity index (χ1) is 11.1. The van der Waals surface area contributed by atoms with Crippen LogP contribution < -0.4 is 16.4 Å². The molecule has 1 aromatic carbocycles. The van der Waals surface area contributed by atoms with E-state index in [-0.39, 0.29) is 30.5 Å². The number of alkyl halides is 3. The second-order valence-electron chi connectivity index (χ2n) is 5.99. The van der Waals surface area contributed by atoms with Crippen LogP contribution >= 0.6 is 24.0 Å². The van der Waals surface area contributed by atoms with Gasteiger partial charge in [0.15, 0.2) is 5.96 Å². The topological polar surface area (TPSA) is 79.5 Å². The van der Waals surface area contributed by atoms with Crippen LogP contribution in [0.3, 0.4) is 0 Å². The second-order valence-corrected chi connectivity index (χ2v) is 5.99. The molecule has 0 fully saturated rings. The molecule has 4 N–H and O–H groups in total. The number of nitrogens with one attached hydrogen (secondary N) is 2. The summed E-state index contributed by atoms with van der Waals surface area (Å²) in [6.45, 7) is 6.42. The standard InChI is InChI=1S/C16H23F3N4O.HI/c1-4-21-14(23-10-15(2,3)13(20)24)22-9-11-5-7-12(8-6-11)16(17,18)19;/h5-8H,4,9-10H2,1-3H3,(H2,20,24)(H2,21,22,23);1H. The third kappa shape index (κ3) is 7.93. The summed E-state index contributed by atoms with van der Waals surface area (Å²) in [5.74, 6) is 0.0281. The van der Waals surface area contributed by atoms with Crippen LogP contribution in [0.1, 0.15) is 31.9 Å². The molecule has 0 aliphatic carbocycles. The minimum absolute atomic E-state index is 0. The molecule has 0 aliphatic heterocycles. The summed E-state index contributed by atoms with van der Waals surface area (Å²) in [5, 5.41) is 6.01. The van der Waals surface area contributed by atoms with Gasteiger partial charge < -0.3 is 16.4 Å². The van der Waals surface area contributed by atoms with Gasteiger partial charge in [0.1, 0.15) is 0 Å². The quantitative estimate of drug-likeness (QED) is 0.339. The van der Waals surface area contributed by atoms with Crippen LogP contribution in [0.2, 0.25) is 0 Å². The van der Waals surface area contributed by atoms with Gasteiger partial charge in [0.25, 0.3) is 0 Å². The van der Waals surface area contributed by atoms with Gasteiger partial charge in [-0.25, -0.2) is 4.99 Å². The molecule has 0 radical (unpaired) electrons. The fourth-order valence-electron chi connectivity index (χ4n) is 1.70. The highest BCUT2D eigenvalue weighted by atomic mass is 127. The average Bonchev–Trinajstić information content (AvgIpc) is 2.49. The van der Waals surface area contributed by atoms with Crippen LogP contribution in [0.25, 0.3) is 0 Å². The van der Waals surface area contributed by atoms with E-state index in [1.54, 1.807) is 13.8 Å². The number of guanidine groups is 1. The summed E-state index contributed by atoms with van der Waals surface area (Å²) in [6, 6.07) is 4.84. The lowest BCUT2D eigenvalue weighted by atomic mass is 9.93. The van der Waals surface area contributed by atoms with E-state index in [4.69, 9.17) is 5.73 Å². The first kappa shape index (κ1) is 23.5. The Bertz CT molecular complexity index is 586. The number of rotatable bonds is 6. The van der Waals surface area contributed by atoms with E-state index in [2.05, 4.69) is 15.6 Å². The van der Waals surface area contributed by atoms with E-state index in [0.717, 1.165) is 12.1 Å². The normalized spacial score (nSPS) is 12.3. The molecule has 1 rings (SSSR count). The van der Waals surface area contributed by atoms with Gasteiger partial charge in [-0.05, 0) is 38.5 Å². The first-order valence-electron chi connectivity index (χ1n) is 7.54. The Kier molecular flexibility index (Phi) is 9.23. The molecule has 0 aromatic heterocycles. The molecule has 9 heteroatoms. The number of hydrogen-bond acceptors (Lipinski definition) is 2. The van der Waals surface area contributed by atoms with Crippen molar-refractivity contribution in [1.29, 1.82) is 0 Å². The maximum atomic E-state index is 12.5. The molecule has 0 heterocycles. The van der Waals surface area contributed by atoms with E-state index in [1.807, 2.05) is 6.92 Å². The third-order valence-electron chi connectivity index (χ3n) is 3.41. The highest BCUT2D eigenvalue weighted by Crippen LogP contribution is 2.29.